The lowest BCUT2D eigenvalue weighted by Crippen LogP contribution is -2.55. The average molecular weight is 308 g/mol. The number of nitrogens with zero attached hydrogens (tertiary/aromatic N) is 4. The predicted octanol–water partition coefficient (Wildman–Crippen LogP) is 1.30. The molecule has 2 aliphatic heterocycles. The van der Waals surface area contributed by atoms with Gasteiger partial charge in [0.15, 0.2) is 0 Å². The van der Waals surface area contributed by atoms with Crippen molar-refractivity contribution >= 4 is 0 Å². The lowest BCUT2D eigenvalue weighted by atomic mass is 9.70. The summed E-state index contributed by atoms with van der Waals surface area (Å²) in [6.45, 7) is 9.38. The number of ether oxygens (including phenoxy) is 1. The normalized spacial score (nSPS) is 31.5. The third-order valence-corrected chi connectivity index (χ3v) is 5.50. The number of rotatable bonds is 4. The third kappa shape index (κ3) is 3.05. The van der Waals surface area contributed by atoms with E-state index >= 15 is 0 Å². The van der Waals surface area contributed by atoms with Crippen LogP contribution in [0.15, 0.2) is 6.33 Å². The van der Waals surface area contributed by atoms with Crippen LogP contribution in [-0.2, 0) is 17.8 Å². The zero-order valence-electron chi connectivity index (χ0n) is 13.7. The zero-order chi connectivity index (χ0) is 15.6. The minimum atomic E-state index is -0.529. The van der Waals surface area contributed by atoms with Crippen molar-refractivity contribution in [3.8, 4) is 0 Å². The van der Waals surface area contributed by atoms with Gasteiger partial charge >= 0.3 is 0 Å². The largest absolute Gasteiger partial charge is 0.389 e. The highest BCUT2D eigenvalue weighted by Gasteiger charge is 2.45. The zero-order valence-corrected chi connectivity index (χ0v) is 13.7. The van der Waals surface area contributed by atoms with Crippen molar-refractivity contribution in [3.63, 3.8) is 0 Å². The van der Waals surface area contributed by atoms with Gasteiger partial charge in [0, 0.05) is 32.8 Å². The van der Waals surface area contributed by atoms with Crippen LogP contribution in [0.5, 0.6) is 0 Å². The van der Waals surface area contributed by atoms with Crippen LogP contribution in [0, 0.1) is 11.8 Å². The maximum atomic E-state index is 11.2. The van der Waals surface area contributed by atoms with Crippen molar-refractivity contribution < 1.29 is 9.84 Å². The van der Waals surface area contributed by atoms with Crippen molar-refractivity contribution in [1.29, 1.82) is 0 Å². The molecule has 2 fully saturated rings. The van der Waals surface area contributed by atoms with Gasteiger partial charge < -0.3 is 9.84 Å². The topological polar surface area (TPSA) is 63.4 Å². The van der Waals surface area contributed by atoms with Gasteiger partial charge in [0.25, 0.3) is 0 Å². The standard InChI is InChI=1S/C16H28N4O2/c1-3-20-15(17-12-18-20)11-19-7-6-16(21,13(2)10-19)14-4-8-22-9-5-14/h12-14,21H,3-11H2,1-2H3/t13-,16+/m1/s1. The highest BCUT2D eigenvalue weighted by atomic mass is 16.5. The number of aromatic nitrogens is 3. The molecule has 22 heavy (non-hydrogen) atoms. The summed E-state index contributed by atoms with van der Waals surface area (Å²) in [5.74, 6) is 1.69. The Hall–Kier alpha value is -0.980. The summed E-state index contributed by atoms with van der Waals surface area (Å²) in [5, 5.41) is 15.4. The molecule has 1 N–H and O–H groups in total. The van der Waals surface area contributed by atoms with E-state index in [2.05, 4.69) is 28.8 Å². The van der Waals surface area contributed by atoms with E-state index in [1.165, 1.54) is 0 Å². The van der Waals surface area contributed by atoms with E-state index in [0.29, 0.717) is 5.92 Å². The van der Waals surface area contributed by atoms with Gasteiger partial charge in [0.05, 0.1) is 12.1 Å². The van der Waals surface area contributed by atoms with E-state index in [-0.39, 0.29) is 5.92 Å². The van der Waals surface area contributed by atoms with Crippen LogP contribution in [-0.4, -0.2) is 56.7 Å². The fourth-order valence-corrected chi connectivity index (χ4v) is 4.04. The Morgan fingerprint density at radius 3 is 2.86 bits per heavy atom. The number of aliphatic hydroxyl groups is 1. The van der Waals surface area contributed by atoms with Crippen molar-refractivity contribution in [2.24, 2.45) is 11.8 Å². The maximum Gasteiger partial charge on any atom is 0.140 e. The van der Waals surface area contributed by atoms with E-state index in [1.54, 1.807) is 6.33 Å². The Morgan fingerprint density at radius 1 is 1.41 bits per heavy atom. The monoisotopic (exact) mass is 308 g/mol. The van der Waals surface area contributed by atoms with Crippen LogP contribution in [0.3, 0.4) is 0 Å². The van der Waals surface area contributed by atoms with Gasteiger partial charge in [-0.15, -0.1) is 0 Å². The second kappa shape index (κ2) is 6.64. The number of hydrogen-bond acceptors (Lipinski definition) is 5. The second-order valence-corrected chi connectivity index (χ2v) is 6.76. The molecule has 0 aromatic carbocycles. The molecule has 1 aromatic rings. The van der Waals surface area contributed by atoms with Crippen molar-refractivity contribution in [3.05, 3.63) is 12.2 Å². The van der Waals surface area contributed by atoms with Gasteiger partial charge in [-0.3, -0.25) is 4.90 Å². The molecule has 0 spiro atoms. The van der Waals surface area contributed by atoms with E-state index in [9.17, 15) is 5.11 Å². The van der Waals surface area contributed by atoms with E-state index in [1.807, 2.05) is 4.68 Å². The number of hydrogen-bond donors (Lipinski definition) is 1. The number of likely N-dealkylation sites (tertiary alicyclic amines) is 1. The van der Waals surface area contributed by atoms with Crippen LogP contribution in [0.4, 0.5) is 0 Å². The molecule has 0 radical (unpaired) electrons. The second-order valence-electron chi connectivity index (χ2n) is 6.76. The van der Waals surface area contributed by atoms with Crippen LogP contribution >= 0.6 is 0 Å². The summed E-state index contributed by atoms with van der Waals surface area (Å²) >= 11 is 0. The van der Waals surface area contributed by atoms with Crippen molar-refractivity contribution in [1.82, 2.24) is 19.7 Å². The molecule has 2 saturated heterocycles. The average Bonchev–Trinajstić information content (AvgIpc) is 2.99. The van der Waals surface area contributed by atoms with Crippen LogP contribution in [0.1, 0.15) is 38.9 Å². The van der Waals surface area contributed by atoms with Gasteiger partial charge in [-0.1, -0.05) is 6.92 Å². The predicted molar refractivity (Wildman–Crippen MR) is 83.2 cm³/mol. The molecule has 0 amide bonds. The minimum absolute atomic E-state index is 0.280. The van der Waals surface area contributed by atoms with Gasteiger partial charge in [-0.05, 0) is 38.0 Å². The summed E-state index contributed by atoms with van der Waals surface area (Å²) in [7, 11) is 0. The van der Waals surface area contributed by atoms with Gasteiger partial charge in [0.2, 0.25) is 0 Å². The van der Waals surface area contributed by atoms with Crippen LogP contribution in [0.25, 0.3) is 0 Å². The van der Waals surface area contributed by atoms with Gasteiger partial charge in [-0.2, -0.15) is 5.10 Å². The Bertz CT molecular complexity index is 486. The molecule has 2 atom stereocenters. The molecular formula is C16H28N4O2. The van der Waals surface area contributed by atoms with E-state index < -0.39 is 5.60 Å². The molecule has 124 valence electrons. The van der Waals surface area contributed by atoms with Gasteiger partial charge in [-0.25, -0.2) is 9.67 Å². The number of piperidine rings is 1. The first-order valence-electron chi connectivity index (χ1n) is 8.52. The molecule has 2 aliphatic rings. The Kier molecular flexibility index (Phi) is 4.80. The fourth-order valence-electron chi connectivity index (χ4n) is 4.04. The quantitative estimate of drug-likeness (QED) is 0.908. The summed E-state index contributed by atoms with van der Waals surface area (Å²) in [5.41, 5.74) is -0.529. The van der Waals surface area contributed by atoms with Gasteiger partial charge in [0.1, 0.15) is 12.2 Å². The first-order valence-corrected chi connectivity index (χ1v) is 8.52. The highest BCUT2D eigenvalue weighted by Crippen LogP contribution is 2.39. The summed E-state index contributed by atoms with van der Waals surface area (Å²) < 4.78 is 7.40. The summed E-state index contributed by atoms with van der Waals surface area (Å²) in [6.07, 6.45) is 4.46. The van der Waals surface area contributed by atoms with Crippen molar-refractivity contribution in [2.75, 3.05) is 26.3 Å². The molecule has 6 nitrogen and oxygen atoms in total. The molecule has 3 rings (SSSR count). The SMILES string of the molecule is CCn1ncnc1CN1CC[C@@](O)(C2CCOCC2)[C@H](C)C1. The first-order chi connectivity index (χ1) is 10.6. The molecule has 0 bridgehead atoms. The third-order valence-electron chi connectivity index (χ3n) is 5.50. The van der Waals surface area contributed by atoms with Crippen LogP contribution in [0.2, 0.25) is 0 Å². The molecule has 1 aromatic heterocycles. The Labute approximate surface area is 132 Å². The molecule has 0 aliphatic carbocycles. The summed E-state index contributed by atoms with van der Waals surface area (Å²) in [4.78, 5) is 6.76. The smallest absolute Gasteiger partial charge is 0.140 e. The van der Waals surface area contributed by atoms with E-state index in [0.717, 1.165) is 64.5 Å². The lowest BCUT2D eigenvalue weighted by molar-refractivity contribution is -0.132. The fraction of sp³-hybridized carbons (Fsp3) is 0.875. The molecule has 0 unspecified atom stereocenters. The summed E-state index contributed by atoms with van der Waals surface area (Å²) in [6, 6.07) is 0. The number of aryl methyl sites for hydroxylation is 1. The highest BCUT2D eigenvalue weighted by molar-refractivity contribution is 4.98. The van der Waals surface area contributed by atoms with Crippen molar-refractivity contribution in [2.45, 2.75) is 51.8 Å². The Morgan fingerprint density at radius 2 is 2.18 bits per heavy atom. The maximum absolute atomic E-state index is 11.2. The minimum Gasteiger partial charge on any atom is -0.389 e. The van der Waals surface area contributed by atoms with E-state index in [4.69, 9.17) is 4.74 Å². The molecule has 0 saturated carbocycles. The molecule has 3 heterocycles. The van der Waals surface area contributed by atoms with Crippen LogP contribution < -0.4 is 0 Å². The molecular weight excluding hydrogens is 280 g/mol. The first kappa shape index (κ1) is 15.9. The molecule has 6 heteroatoms. The lowest BCUT2D eigenvalue weighted by Gasteiger charge is -2.48. The Balaban J connectivity index is 1.62.